The Morgan fingerprint density at radius 3 is 1.74 bits per heavy atom. The molecule has 0 heterocycles. The Kier molecular flexibility index (Phi) is 34.4. The molecule has 0 spiro atoms. The van der Waals surface area contributed by atoms with E-state index in [2.05, 4.69) is 157 Å². The maximum Gasteiger partial charge on any atom is 0.118 e. The van der Waals surface area contributed by atoms with Crippen LogP contribution in [0.5, 0.6) is 5.75 Å². The molecule has 2 aromatic carbocycles. The first kappa shape index (κ1) is 54.3. The number of hydrogen-bond donors (Lipinski definition) is 1. The van der Waals surface area contributed by atoms with Gasteiger partial charge in [-0.05, 0) is 116 Å². The van der Waals surface area contributed by atoms with Gasteiger partial charge in [-0.15, -0.1) is 0 Å². The van der Waals surface area contributed by atoms with Gasteiger partial charge in [0.2, 0.25) is 0 Å². The van der Waals surface area contributed by atoms with Crippen LogP contribution in [0.4, 0.5) is 0 Å². The molecule has 0 aliphatic heterocycles. The van der Waals surface area contributed by atoms with Crippen molar-refractivity contribution >= 4 is 5.57 Å². The van der Waals surface area contributed by atoms with Gasteiger partial charge in [0.05, 0.1) is 0 Å². The molecule has 0 amide bonds. The van der Waals surface area contributed by atoms with Gasteiger partial charge >= 0.3 is 0 Å². The van der Waals surface area contributed by atoms with Crippen molar-refractivity contribution in [2.45, 2.75) is 181 Å². The number of benzene rings is 2. The fourth-order valence-electron chi connectivity index (χ4n) is 5.61. The first-order valence-electron chi connectivity index (χ1n) is 21.5. The summed E-state index contributed by atoms with van der Waals surface area (Å²) in [4.78, 5) is 2.41. The summed E-state index contributed by atoms with van der Waals surface area (Å²) in [5.41, 5.74) is 11.0. The molecule has 3 rings (SSSR count). The molecule has 0 atom stereocenters. The number of phenols is 1. The second kappa shape index (κ2) is 33.6. The molecular weight excluding hydrogens is 643 g/mol. The highest BCUT2D eigenvalue weighted by Crippen LogP contribution is 2.25. The van der Waals surface area contributed by atoms with Crippen LogP contribution in [0.1, 0.15) is 184 Å². The fraction of sp³-hybridized carbons (Fsp3) is 0.608. The van der Waals surface area contributed by atoms with Crippen LogP contribution in [-0.4, -0.2) is 23.1 Å². The monoisotopic (exact) mass is 732 g/mol. The maximum atomic E-state index is 9.56. The summed E-state index contributed by atoms with van der Waals surface area (Å²) >= 11 is 0. The summed E-state index contributed by atoms with van der Waals surface area (Å²) in [5.74, 6) is 1.01. The number of aromatic hydroxyl groups is 1. The van der Waals surface area contributed by atoms with Crippen LogP contribution < -0.4 is 0 Å². The molecule has 2 heteroatoms. The Balaban J connectivity index is -0.000000613. The molecule has 1 aliphatic rings. The van der Waals surface area contributed by atoms with Crippen molar-refractivity contribution in [2.24, 2.45) is 11.3 Å². The van der Waals surface area contributed by atoms with Crippen LogP contribution in [-0.2, 0) is 25.7 Å². The van der Waals surface area contributed by atoms with E-state index in [-0.39, 0.29) is 0 Å². The number of phenolic OH excluding ortho intramolecular Hbond substituents is 1. The number of hydrogen-bond acceptors (Lipinski definition) is 2. The van der Waals surface area contributed by atoms with Gasteiger partial charge in [-0.25, -0.2) is 0 Å². The molecule has 53 heavy (non-hydrogen) atoms. The molecule has 2 nitrogen and oxygen atoms in total. The molecule has 2 aromatic rings. The third-order valence-electron chi connectivity index (χ3n) is 8.70. The second-order valence-electron chi connectivity index (χ2n) is 15.3. The van der Waals surface area contributed by atoms with Crippen LogP contribution >= 0.6 is 0 Å². The van der Waals surface area contributed by atoms with Gasteiger partial charge in [-0.2, -0.15) is 0 Å². The highest BCUT2D eigenvalue weighted by atomic mass is 16.3. The van der Waals surface area contributed by atoms with Crippen molar-refractivity contribution in [3.05, 3.63) is 107 Å². The first-order valence-corrected chi connectivity index (χ1v) is 21.5. The minimum Gasteiger partial charge on any atom is -0.508 e. The topological polar surface area (TPSA) is 23.5 Å². The quantitative estimate of drug-likeness (QED) is 0.222. The average molecular weight is 732 g/mol. The van der Waals surface area contributed by atoms with Gasteiger partial charge in [-0.3, -0.25) is 0 Å². The van der Waals surface area contributed by atoms with Crippen molar-refractivity contribution in [2.75, 3.05) is 13.1 Å². The molecule has 0 saturated carbocycles. The Bertz CT molecular complexity index is 1260. The zero-order valence-corrected chi connectivity index (χ0v) is 38.3. The number of rotatable bonds is 13. The molecule has 0 aromatic heterocycles. The van der Waals surface area contributed by atoms with Crippen LogP contribution in [0.2, 0.25) is 0 Å². The first-order chi connectivity index (χ1) is 25.1. The SMILES string of the molecule is C=C(C(C)C)N(CCC)CCC.C=C(C)c1cccc(CC)c1CC.CC.CCC.CCC1=CCCC=C1.CCc1cc(CCC(C)(C)C)ccc1O. The maximum absolute atomic E-state index is 9.56. The fourth-order valence-corrected chi connectivity index (χ4v) is 5.61. The molecule has 0 saturated heterocycles. The summed E-state index contributed by atoms with van der Waals surface area (Å²) in [7, 11) is 0. The van der Waals surface area contributed by atoms with Gasteiger partial charge in [0, 0.05) is 18.8 Å². The van der Waals surface area contributed by atoms with Crippen molar-refractivity contribution in [3.63, 3.8) is 0 Å². The van der Waals surface area contributed by atoms with E-state index >= 15 is 0 Å². The standard InChI is InChI=1S/C14H22O.C13H18.C11H23N.C8H12.C3H8.C2H6/c1-5-12-10-11(6-7-13(12)15)8-9-14(2,3)4;1-5-11-8-7-9-13(10(3)4)12(11)6-2;1-6-8-12(9-7-2)11(5)10(3)4;1-2-8-6-4-3-5-7-8;1-3-2;1-2/h6-7,10,15H,5,8-9H2,1-4H3;7-9H,3,5-6H2,1-2,4H3;10H,5-9H2,1-4H3;4,6-7H,2-3,5H2,1H3;3H2,1-2H3;1-2H3. The molecular formula is C51H89NO. The Hall–Kier alpha value is -3.00. The minimum atomic E-state index is 0.379. The van der Waals surface area contributed by atoms with Crippen molar-refractivity contribution in [3.8, 4) is 5.75 Å². The summed E-state index contributed by atoms with van der Waals surface area (Å²) in [5, 5.41) is 9.56. The predicted molar refractivity (Wildman–Crippen MR) is 245 cm³/mol. The Morgan fingerprint density at radius 1 is 0.792 bits per heavy atom. The zero-order chi connectivity index (χ0) is 41.4. The lowest BCUT2D eigenvalue weighted by Gasteiger charge is -2.28. The van der Waals surface area contributed by atoms with E-state index in [9.17, 15) is 5.11 Å². The van der Waals surface area contributed by atoms with E-state index in [1.807, 2.05) is 26.0 Å². The van der Waals surface area contributed by atoms with Crippen LogP contribution in [0, 0.1) is 11.3 Å². The summed E-state index contributed by atoms with van der Waals surface area (Å²) in [6.07, 6.45) is 19.5. The highest BCUT2D eigenvalue weighted by molar-refractivity contribution is 5.65. The third kappa shape index (κ3) is 26.4. The van der Waals surface area contributed by atoms with E-state index in [1.165, 1.54) is 84.0 Å². The lowest BCUT2D eigenvalue weighted by Crippen LogP contribution is -2.26. The van der Waals surface area contributed by atoms with Crippen molar-refractivity contribution < 1.29 is 5.11 Å². The van der Waals surface area contributed by atoms with Gasteiger partial charge in [-0.1, -0.05) is 183 Å². The van der Waals surface area contributed by atoms with Gasteiger partial charge < -0.3 is 10.0 Å². The lowest BCUT2D eigenvalue weighted by molar-refractivity contribution is 0.315. The van der Waals surface area contributed by atoms with Crippen molar-refractivity contribution in [1.82, 2.24) is 4.90 Å². The molecule has 0 fully saturated rings. The lowest BCUT2D eigenvalue weighted by atomic mass is 9.88. The summed E-state index contributed by atoms with van der Waals surface area (Å²) in [6.45, 7) is 45.1. The summed E-state index contributed by atoms with van der Waals surface area (Å²) < 4.78 is 0. The number of allylic oxidation sites excluding steroid dienone is 6. The van der Waals surface area contributed by atoms with E-state index in [1.54, 1.807) is 0 Å². The van der Waals surface area contributed by atoms with Crippen LogP contribution in [0.15, 0.2) is 79.1 Å². The van der Waals surface area contributed by atoms with E-state index in [0.717, 1.165) is 44.3 Å². The Labute approximate surface area is 333 Å². The number of aryl methyl sites for hydroxylation is 3. The smallest absolute Gasteiger partial charge is 0.118 e. The molecule has 0 bridgehead atoms. The molecule has 1 N–H and O–H groups in total. The largest absolute Gasteiger partial charge is 0.508 e. The molecule has 0 unspecified atom stereocenters. The summed E-state index contributed by atoms with van der Waals surface area (Å²) in [6, 6.07) is 12.5. The minimum absolute atomic E-state index is 0.379. The molecule has 304 valence electrons. The van der Waals surface area contributed by atoms with Crippen LogP contribution in [0.3, 0.4) is 0 Å². The zero-order valence-electron chi connectivity index (χ0n) is 38.3. The van der Waals surface area contributed by atoms with Gasteiger partial charge in [0.15, 0.2) is 0 Å². The van der Waals surface area contributed by atoms with Gasteiger partial charge in [0.1, 0.15) is 5.75 Å². The van der Waals surface area contributed by atoms with E-state index < -0.39 is 0 Å². The van der Waals surface area contributed by atoms with Crippen LogP contribution in [0.25, 0.3) is 5.57 Å². The van der Waals surface area contributed by atoms with Crippen molar-refractivity contribution in [1.29, 1.82) is 0 Å². The Morgan fingerprint density at radius 2 is 1.36 bits per heavy atom. The molecule has 1 aliphatic carbocycles. The molecule has 0 radical (unpaired) electrons. The van der Waals surface area contributed by atoms with Gasteiger partial charge in [0.25, 0.3) is 0 Å². The highest BCUT2D eigenvalue weighted by Gasteiger charge is 2.11. The van der Waals surface area contributed by atoms with E-state index in [0.29, 0.717) is 17.1 Å². The predicted octanol–water partition coefficient (Wildman–Crippen LogP) is 16.2. The average Bonchev–Trinajstić information content (AvgIpc) is 3.15. The number of nitrogens with zero attached hydrogens (tertiary/aromatic N) is 1. The van der Waals surface area contributed by atoms with E-state index in [4.69, 9.17) is 0 Å². The third-order valence-corrected chi connectivity index (χ3v) is 8.70. The second-order valence-corrected chi connectivity index (χ2v) is 15.3. The normalized spacial score (nSPS) is 11.4.